The summed E-state index contributed by atoms with van der Waals surface area (Å²) in [5.41, 5.74) is 8.93. The summed E-state index contributed by atoms with van der Waals surface area (Å²) < 4.78 is 0. The Morgan fingerprint density at radius 1 is 1.43 bits per heavy atom. The van der Waals surface area contributed by atoms with E-state index in [0.717, 1.165) is 41.5 Å². The molecule has 1 atom stereocenters. The summed E-state index contributed by atoms with van der Waals surface area (Å²) in [7, 11) is 0. The van der Waals surface area contributed by atoms with E-state index in [0.29, 0.717) is 12.1 Å². The first-order chi connectivity index (χ1) is 11.0. The van der Waals surface area contributed by atoms with Gasteiger partial charge in [-0.1, -0.05) is 12.6 Å². The van der Waals surface area contributed by atoms with Gasteiger partial charge in [-0.2, -0.15) is 0 Å². The maximum absolute atomic E-state index is 11.9. The number of benzene rings is 1. The molecule has 23 heavy (non-hydrogen) atoms. The number of H-pyrrole nitrogens is 1. The summed E-state index contributed by atoms with van der Waals surface area (Å²) in [6.45, 7) is 6.99. The van der Waals surface area contributed by atoms with E-state index in [-0.39, 0.29) is 11.8 Å². The topological polar surface area (TPSA) is 79.2 Å². The largest absolute Gasteiger partial charge is 0.366 e. The van der Waals surface area contributed by atoms with Crippen molar-refractivity contribution in [3.63, 3.8) is 0 Å². The quantitative estimate of drug-likeness (QED) is 0.854. The van der Waals surface area contributed by atoms with Crippen LogP contribution in [-0.2, 0) is 4.79 Å². The smallest absolute Gasteiger partial charge is 0.250 e. The molecular formula is C18H21N3O2. The van der Waals surface area contributed by atoms with Crippen LogP contribution in [0.2, 0.25) is 0 Å². The average molecular weight is 311 g/mol. The SMILES string of the molecule is C=CC(=O)N1CCC[C@@H](c2ccc(C(N)=O)c3[nH]c(C)cc23)C1. The molecule has 0 radical (unpaired) electrons. The Bertz CT molecular complexity index is 791. The van der Waals surface area contributed by atoms with Crippen molar-refractivity contribution in [2.24, 2.45) is 5.73 Å². The van der Waals surface area contributed by atoms with E-state index in [1.807, 2.05) is 24.0 Å². The van der Waals surface area contributed by atoms with Gasteiger partial charge in [-0.05, 0) is 43.5 Å². The lowest BCUT2D eigenvalue weighted by atomic mass is 9.87. The van der Waals surface area contributed by atoms with Gasteiger partial charge in [0.15, 0.2) is 0 Å². The highest BCUT2D eigenvalue weighted by atomic mass is 16.2. The number of nitrogens with one attached hydrogen (secondary N) is 1. The number of likely N-dealkylation sites (tertiary alicyclic amines) is 1. The molecule has 3 rings (SSSR count). The van der Waals surface area contributed by atoms with Crippen LogP contribution >= 0.6 is 0 Å². The zero-order chi connectivity index (χ0) is 16.6. The first kappa shape index (κ1) is 15.3. The molecule has 1 aromatic carbocycles. The molecule has 0 saturated carbocycles. The highest BCUT2D eigenvalue weighted by molar-refractivity contribution is 6.06. The third-order valence-corrected chi connectivity index (χ3v) is 4.58. The predicted molar refractivity (Wildman–Crippen MR) is 90.3 cm³/mol. The van der Waals surface area contributed by atoms with Crippen LogP contribution in [-0.4, -0.2) is 34.8 Å². The molecule has 2 aromatic rings. The fourth-order valence-electron chi connectivity index (χ4n) is 3.50. The van der Waals surface area contributed by atoms with E-state index >= 15 is 0 Å². The van der Waals surface area contributed by atoms with Crippen molar-refractivity contribution in [3.8, 4) is 0 Å². The van der Waals surface area contributed by atoms with Crippen LogP contribution in [0.1, 0.15) is 40.4 Å². The summed E-state index contributed by atoms with van der Waals surface area (Å²) in [5, 5.41) is 1.02. The minimum atomic E-state index is -0.435. The van der Waals surface area contributed by atoms with E-state index in [2.05, 4.69) is 11.6 Å². The number of carbonyl (C=O) groups is 2. The van der Waals surface area contributed by atoms with Crippen LogP contribution in [0.3, 0.4) is 0 Å². The third-order valence-electron chi connectivity index (χ3n) is 4.58. The number of aromatic nitrogens is 1. The monoisotopic (exact) mass is 311 g/mol. The molecule has 3 N–H and O–H groups in total. The number of hydrogen-bond acceptors (Lipinski definition) is 2. The predicted octanol–water partition coefficient (Wildman–Crippen LogP) is 2.47. The van der Waals surface area contributed by atoms with Crippen molar-refractivity contribution in [1.82, 2.24) is 9.88 Å². The van der Waals surface area contributed by atoms with E-state index in [1.165, 1.54) is 6.08 Å². The van der Waals surface area contributed by atoms with Crippen molar-refractivity contribution in [2.75, 3.05) is 13.1 Å². The van der Waals surface area contributed by atoms with E-state index in [9.17, 15) is 9.59 Å². The Morgan fingerprint density at radius 3 is 2.91 bits per heavy atom. The highest BCUT2D eigenvalue weighted by Crippen LogP contribution is 2.34. The number of piperidine rings is 1. The van der Waals surface area contributed by atoms with Crippen LogP contribution in [0.5, 0.6) is 0 Å². The molecule has 0 aliphatic carbocycles. The zero-order valence-corrected chi connectivity index (χ0v) is 13.3. The maximum Gasteiger partial charge on any atom is 0.250 e. The summed E-state index contributed by atoms with van der Waals surface area (Å²) in [6, 6.07) is 5.80. The molecule has 120 valence electrons. The number of rotatable bonds is 3. The van der Waals surface area contributed by atoms with Gasteiger partial charge in [-0.25, -0.2) is 0 Å². The second-order valence-electron chi connectivity index (χ2n) is 6.14. The maximum atomic E-state index is 11.9. The molecule has 0 bridgehead atoms. The molecule has 1 saturated heterocycles. The molecule has 1 fully saturated rings. The van der Waals surface area contributed by atoms with Crippen LogP contribution in [0.15, 0.2) is 30.9 Å². The number of fused-ring (bicyclic) bond motifs is 1. The number of nitrogens with two attached hydrogens (primary N) is 1. The Labute approximate surface area is 135 Å². The van der Waals surface area contributed by atoms with Gasteiger partial charge in [0.25, 0.3) is 5.91 Å². The van der Waals surface area contributed by atoms with E-state index < -0.39 is 5.91 Å². The lowest BCUT2D eigenvalue weighted by Gasteiger charge is -2.32. The fraction of sp³-hybridized carbons (Fsp3) is 0.333. The van der Waals surface area contributed by atoms with Crippen molar-refractivity contribution in [1.29, 1.82) is 0 Å². The average Bonchev–Trinajstić information content (AvgIpc) is 2.94. The summed E-state index contributed by atoms with van der Waals surface area (Å²) >= 11 is 0. The van der Waals surface area contributed by atoms with Gasteiger partial charge in [0.05, 0.1) is 11.1 Å². The van der Waals surface area contributed by atoms with Gasteiger partial charge in [0, 0.05) is 30.1 Å². The number of nitrogens with zero attached hydrogens (tertiary/aromatic N) is 1. The van der Waals surface area contributed by atoms with Gasteiger partial charge >= 0.3 is 0 Å². The molecule has 5 heteroatoms. The van der Waals surface area contributed by atoms with Crippen LogP contribution in [0.25, 0.3) is 10.9 Å². The van der Waals surface area contributed by atoms with Crippen molar-refractivity contribution >= 4 is 22.7 Å². The molecule has 1 aliphatic rings. The lowest BCUT2D eigenvalue weighted by molar-refractivity contribution is -0.127. The Morgan fingerprint density at radius 2 is 2.22 bits per heavy atom. The third kappa shape index (κ3) is 2.74. The number of aryl methyl sites for hydroxylation is 1. The van der Waals surface area contributed by atoms with Crippen molar-refractivity contribution < 1.29 is 9.59 Å². The number of primary amides is 1. The minimum Gasteiger partial charge on any atom is -0.366 e. The number of hydrogen-bond donors (Lipinski definition) is 2. The summed E-state index contributed by atoms with van der Waals surface area (Å²) in [4.78, 5) is 28.6. The van der Waals surface area contributed by atoms with Gasteiger partial charge in [0.1, 0.15) is 0 Å². The molecule has 2 amide bonds. The number of carbonyl (C=O) groups excluding carboxylic acids is 2. The molecule has 0 spiro atoms. The molecule has 1 aromatic heterocycles. The minimum absolute atomic E-state index is 0.0232. The normalized spacial score (nSPS) is 18.1. The second kappa shape index (κ2) is 5.91. The Hall–Kier alpha value is -2.56. The van der Waals surface area contributed by atoms with E-state index in [1.54, 1.807) is 6.07 Å². The number of amides is 2. The lowest BCUT2D eigenvalue weighted by Crippen LogP contribution is -2.38. The van der Waals surface area contributed by atoms with Crippen molar-refractivity contribution in [3.05, 3.63) is 47.7 Å². The van der Waals surface area contributed by atoms with Gasteiger partial charge in [-0.15, -0.1) is 0 Å². The zero-order valence-electron chi connectivity index (χ0n) is 13.3. The number of aromatic amines is 1. The Balaban J connectivity index is 2.03. The van der Waals surface area contributed by atoms with Gasteiger partial charge in [-0.3, -0.25) is 9.59 Å². The molecular weight excluding hydrogens is 290 g/mol. The van der Waals surface area contributed by atoms with E-state index in [4.69, 9.17) is 5.73 Å². The van der Waals surface area contributed by atoms with Gasteiger partial charge < -0.3 is 15.6 Å². The molecule has 5 nitrogen and oxygen atoms in total. The standard InChI is InChI=1S/C18H21N3O2/c1-3-16(22)21-8-4-5-12(10-21)13-6-7-14(18(19)23)17-15(13)9-11(2)20-17/h3,6-7,9,12,20H,1,4-5,8,10H2,2H3,(H2,19,23)/t12-/m1/s1. The molecule has 2 heterocycles. The van der Waals surface area contributed by atoms with Crippen molar-refractivity contribution in [2.45, 2.75) is 25.7 Å². The fourth-order valence-corrected chi connectivity index (χ4v) is 3.50. The first-order valence-electron chi connectivity index (χ1n) is 7.84. The molecule has 1 aliphatic heterocycles. The highest BCUT2D eigenvalue weighted by Gasteiger charge is 2.26. The van der Waals surface area contributed by atoms with Crippen LogP contribution in [0.4, 0.5) is 0 Å². The first-order valence-corrected chi connectivity index (χ1v) is 7.84. The van der Waals surface area contributed by atoms with Gasteiger partial charge in [0.2, 0.25) is 5.91 Å². The second-order valence-corrected chi connectivity index (χ2v) is 6.14. The Kier molecular flexibility index (Phi) is 3.94. The van der Waals surface area contributed by atoms with Crippen LogP contribution in [0, 0.1) is 6.92 Å². The molecule has 0 unspecified atom stereocenters. The summed E-state index contributed by atoms with van der Waals surface area (Å²) in [6.07, 6.45) is 3.36. The van der Waals surface area contributed by atoms with Crippen LogP contribution < -0.4 is 5.73 Å². The summed E-state index contributed by atoms with van der Waals surface area (Å²) in [5.74, 6) is -0.201.